The lowest BCUT2D eigenvalue weighted by molar-refractivity contribution is 1.13. The molecule has 0 spiro atoms. The Morgan fingerprint density at radius 1 is 1.11 bits per heavy atom. The zero-order valence-corrected chi connectivity index (χ0v) is 11.2. The monoisotopic (exact) mass is 258 g/mol. The first-order valence-electron chi connectivity index (χ1n) is 5.73. The fourth-order valence-electron chi connectivity index (χ4n) is 1.74. The Morgan fingerprint density at radius 2 is 1.89 bits per heavy atom. The second kappa shape index (κ2) is 5.69. The van der Waals surface area contributed by atoms with Crippen molar-refractivity contribution in [2.75, 3.05) is 19.0 Å². The van der Waals surface area contributed by atoms with E-state index in [-0.39, 0.29) is 0 Å². The standard InChI is InChI=1S/C15H15ClN2/c1-18(2)14-6-4-3-5-13(14)8-7-12-9-10-17-15(16)11-12/h3-11H,1-2H3. The van der Waals surface area contributed by atoms with Crippen molar-refractivity contribution < 1.29 is 0 Å². The van der Waals surface area contributed by atoms with E-state index in [4.69, 9.17) is 11.6 Å². The van der Waals surface area contributed by atoms with Gasteiger partial charge in [-0.3, -0.25) is 0 Å². The van der Waals surface area contributed by atoms with Crippen molar-refractivity contribution in [1.29, 1.82) is 0 Å². The molecule has 1 aromatic heterocycles. The maximum absolute atomic E-state index is 5.86. The molecule has 0 bridgehead atoms. The Morgan fingerprint density at radius 3 is 2.61 bits per heavy atom. The van der Waals surface area contributed by atoms with Crippen LogP contribution in [0.5, 0.6) is 0 Å². The van der Waals surface area contributed by atoms with E-state index < -0.39 is 0 Å². The molecule has 3 heteroatoms. The van der Waals surface area contributed by atoms with Crippen molar-refractivity contribution in [3.63, 3.8) is 0 Å². The predicted octanol–water partition coefficient (Wildman–Crippen LogP) is 3.97. The first-order valence-corrected chi connectivity index (χ1v) is 6.10. The van der Waals surface area contributed by atoms with Crippen LogP contribution in [0, 0.1) is 0 Å². The minimum absolute atomic E-state index is 0.512. The van der Waals surface area contributed by atoms with Crippen LogP contribution in [0.3, 0.4) is 0 Å². The van der Waals surface area contributed by atoms with Gasteiger partial charge in [0.05, 0.1) is 0 Å². The lowest BCUT2D eigenvalue weighted by Crippen LogP contribution is -2.09. The highest BCUT2D eigenvalue weighted by molar-refractivity contribution is 6.29. The summed E-state index contributed by atoms with van der Waals surface area (Å²) in [6.07, 6.45) is 5.83. The molecule has 18 heavy (non-hydrogen) atoms. The number of pyridine rings is 1. The summed E-state index contributed by atoms with van der Waals surface area (Å²) in [5, 5.41) is 0.512. The van der Waals surface area contributed by atoms with E-state index >= 15 is 0 Å². The van der Waals surface area contributed by atoms with Crippen molar-refractivity contribution in [3.05, 3.63) is 58.9 Å². The molecule has 0 N–H and O–H groups in total. The van der Waals surface area contributed by atoms with Crippen LogP contribution < -0.4 is 4.90 Å². The summed E-state index contributed by atoms with van der Waals surface area (Å²) in [6.45, 7) is 0. The molecule has 1 aromatic carbocycles. The Bertz CT molecular complexity index is 562. The molecule has 2 nitrogen and oxygen atoms in total. The minimum Gasteiger partial charge on any atom is -0.377 e. The topological polar surface area (TPSA) is 16.1 Å². The first-order chi connectivity index (χ1) is 8.66. The van der Waals surface area contributed by atoms with Crippen LogP contribution >= 0.6 is 11.6 Å². The SMILES string of the molecule is CN(C)c1ccccc1C=Cc1ccnc(Cl)c1. The third kappa shape index (κ3) is 3.11. The van der Waals surface area contributed by atoms with Crippen LogP contribution in [0.1, 0.15) is 11.1 Å². The Balaban J connectivity index is 2.29. The average Bonchev–Trinajstić information content (AvgIpc) is 2.37. The van der Waals surface area contributed by atoms with E-state index in [0.29, 0.717) is 5.15 Å². The van der Waals surface area contributed by atoms with Gasteiger partial charge in [0.2, 0.25) is 0 Å². The van der Waals surface area contributed by atoms with E-state index in [9.17, 15) is 0 Å². The molecule has 2 aromatic rings. The van der Waals surface area contributed by atoms with Gasteiger partial charge >= 0.3 is 0 Å². The first kappa shape index (κ1) is 12.7. The normalized spacial score (nSPS) is 10.8. The van der Waals surface area contributed by atoms with Crippen LogP contribution in [0.4, 0.5) is 5.69 Å². The van der Waals surface area contributed by atoms with E-state index in [1.165, 1.54) is 11.3 Å². The highest BCUT2D eigenvalue weighted by atomic mass is 35.5. The van der Waals surface area contributed by atoms with Crippen LogP contribution in [0.15, 0.2) is 42.6 Å². The molecule has 1 heterocycles. The largest absolute Gasteiger partial charge is 0.377 e. The second-order valence-corrected chi connectivity index (χ2v) is 4.59. The number of anilines is 1. The highest BCUT2D eigenvalue weighted by Crippen LogP contribution is 2.20. The Hall–Kier alpha value is -1.80. The number of nitrogens with zero attached hydrogens (tertiary/aromatic N) is 2. The summed E-state index contributed by atoms with van der Waals surface area (Å²) in [7, 11) is 4.08. The molecule has 0 saturated heterocycles. The third-order valence-corrected chi connectivity index (χ3v) is 2.83. The molecule has 0 aliphatic carbocycles. The van der Waals surface area contributed by atoms with E-state index in [2.05, 4.69) is 28.1 Å². The van der Waals surface area contributed by atoms with Gasteiger partial charge in [-0.15, -0.1) is 0 Å². The molecule has 0 radical (unpaired) electrons. The van der Waals surface area contributed by atoms with E-state index in [1.54, 1.807) is 6.20 Å². The molecule has 0 aliphatic heterocycles. The van der Waals surface area contributed by atoms with Gasteiger partial charge in [0.25, 0.3) is 0 Å². The number of benzene rings is 1. The van der Waals surface area contributed by atoms with Gasteiger partial charge in [-0.25, -0.2) is 4.98 Å². The van der Waals surface area contributed by atoms with Crippen LogP contribution in [-0.4, -0.2) is 19.1 Å². The molecule has 0 saturated carbocycles. The number of para-hydroxylation sites is 1. The molecule has 92 valence electrons. The van der Waals surface area contributed by atoms with Gasteiger partial charge in [-0.2, -0.15) is 0 Å². The maximum atomic E-state index is 5.86. The lowest BCUT2D eigenvalue weighted by atomic mass is 10.1. The van der Waals surface area contributed by atoms with Gasteiger partial charge in [-0.05, 0) is 29.3 Å². The number of hydrogen-bond acceptors (Lipinski definition) is 2. The molecule has 0 atom stereocenters. The van der Waals surface area contributed by atoms with E-state index in [1.807, 2.05) is 44.4 Å². The lowest BCUT2D eigenvalue weighted by Gasteiger charge is -2.15. The molecule has 0 amide bonds. The number of aromatic nitrogens is 1. The zero-order valence-electron chi connectivity index (χ0n) is 10.5. The molecule has 0 unspecified atom stereocenters. The quantitative estimate of drug-likeness (QED) is 0.775. The molecule has 0 aliphatic rings. The van der Waals surface area contributed by atoms with E-state index in [0.717, 1.165) is 5.56 Å². The summed E-state index contributed by atoms with van der Waals surface area (Å²) in [4.78, 5) is 6.06. The zero-order chi connectivity index (χ0) is 13.0. The molecule has 2 rings (SSSR count). The fourth-order valence-corrected chi connectivity index (χ4v) is 1.93. The van der Waals surface area contributed by atoms with Crippen molar-refractivity contribution in [1.82, 2.24) is 4.98 Å². The van der Waals surface area contributed by atoms with Crippen molar-refractivity contribution in [3.8, 4) is 0 Å². The Kier molecular flexibility index (Phi) is 4.00. The number of rotatable bonds is 3. The van der Waals surface area contributed by atoms with Crippen molar-refractivity contribution in [2.45, 2.75) is 0 Å². The third-order valence-electron chi connectivity index (χ3n) is 2.62. The maximum Gasteiger partial charge on any atom is 0.129 e. The van der Waals surface area contributed by atoms with Crippen LogP contribution in [-0.2, 0) is 0 Å². The summed E-state index contributed by atoms with van der Waals surface area (Å²) in [5.41, 5.74) is 3.41. The van der Waals surface area contributed by atoms with Gasteiger partial charge in [0.1, 0.15) is 5.15 Å². The second-order valence-electron chi connectivity index (χ2n) is 4.20. The molecule has 0 fully saturated rings. The Labute approximate surface area is 113 Å². The number of halogens is 1. The average molecular weight is 259 g/mol. The molecular weight excluding hydrogens is 244 g/mol. The minimum atomic E-state index is 0.512. The van der Waals surface area contributed by atoms with Gasteiger partial charge in [0, 0.05) is 26.0 Å². The summed E-state index contributed by atoms with van der Waals surface area (Å²) >= 11 is 5.86. The predicted molar refractivity (Wildman–Crippen MR) is 78.9 cm³/mol. The van der Waals surface area contributed by atoms with Crippen molar-refractivity contribution >= 4 is 29.4 Å². The highest BCUT2D eigenvalue weighted by Gasteiger charge is 1.99. The smallest absolute Gasteiger partial charge is 0.129 e. The van der Waals surface area contributed by atoms with Gasteiger partial charge in [-0.1, -0.05) is 42.0 Å². The van der Waals surface area contributed by atoms with Gasteiger partial charge in [0.15, 0.2) is 0 Å². The van der Waals surface area contributed by atoms with Crippen LogP contribution in [0.2, 0.25) is 5.15 Å². The van der Waals surface area contributed by atoms with Crippen LogP contribution in [0.25, 0.3) is 12.2 Å². The van der Waals surface area contributed by atoms with Crippen molar-refractivity contribution in [2.24, 2.45) is 0 Å². The number of hydrogen-bond donors (Lipinski definition) is 0. The van der Waals surface area contributed by atoms with Gasteiger partial charge < -0.3 is 4.90 Å². The fraction of sp³-hybridized carbons (Fsp3) is 0.133. The summed E-state index contributed by atoms with van der Waals surface area (Å²) < 4.78 is 0. The molecular formula is C15H15ClN2. The summed E-state index contributed by atoms with van der Waals surface area (Å²) in [5.74, 6) is 0. The summed E-state index contributed by atoms with van der Waals surface area (Å²) in [6, 6.07) is 12.0.